The fraction of sp³-hybridized carbons (Fsp3) is 0. The van der Waals surface area contributed by atoms with E-state index in [1.54, 1.807) is 12.3 Å². The Kier molecular flexibility index (Phi) is 1.00. The minimum atomic E-state index is -0.155. The lowest BCUT2D eigenvalue weighted by atomic mass is 10.6. The van der Waals surface area contributed by atoms with Crippen molar-refractivity contribution in [2.45, 2.75) is 0 Å². The molecule has 2 aromatic rings. The standard InChI is InChI=1S/C6H6N4O/c7-4-3-5-8-6(11)1-2-10(5)9-4/h1-3H,(H2,7,9)(H,8,11). The van der Waals surface area contributed by atoms with Gasteiger partial charge in [-0.3, -0.25) is 4.79 Å². The van der Waals surface area contributed by atoms with Crippen molar-refractivity contribution in [1.82, 2.24) is 14.6 Å². The summed E-state index contributed by atoms with van der Waals surface area (Å²) >= 11 is 0. The van der Waals surface area contributed by atoms with E-state index >= 15 is 0 Å². The average Bonchev–Trinajstić information content (AvgIpc) is 2.27. The average molecular weight is 150 g/mol. The molecule has 3 N–H and O–H groups in total. The lowest BCUT2D eigenvalue weighted by Gasteiger charge is -1.87. The molecule has 0 aliphatic rings. The van der Waals surface area contributed by atoms with Crippen molar-refractivity contribution in [2.75, 3.05) is 5.73 Å². The van der Waals surface area contributed by atoms with E-state index in [2.05, 4.69) is 10.1 Å². The molecule has 0 radical (unpaired) electrons. The van der Waals surface area contributed by atoms with Crippen LogP contribution in [0.15, 0.2) is 23.1 Å². The smallest absolute Gasteiger partial charge is 0.251 e. The molecule has 0 aliphatic heterocycles. The topological polar surface area (TPSA) is 76.2 Å². The van der Waals surface area contributed by atoms with E-state index in [0.29, 0.717) is 11.5 Å². The van der Waals surface area contributed by atoms with E-state index < -0.39 is 0 Å². The Morgan fingerprint density at radius 3 is 3.27 bits per heavy atom. The van der Waals surface area contributed by atoms with Crippen LogP contribution in [0.3, 0.4) is 0 Å². The van der Waals surface area contributed by atoms with E-state index in [9.17, 15) is 4.79 Å². The fourth-order valence-corrected chi connectivity index (χ4v) is 0.927. The van der Waals surface area contributed by atoms with Gasteiger partial charge in [-0.05, 0) is 0 Å². The van der Waals surface area contributed by atoms with Crippen molar-refractivity contribution in [3.05, 3.63) is 28.7 Å². The van der Waals surface area contributed by atoms with E-state index in [4.69, 9.17) is 5.73 Å². The van der Waals surface area contributed by atoms with Crippen LogP contribution in [0.4, 0.5) is 5.82 Å². The summed E-state index contributed by atoms with van der Waals surface area (Å²) in [6, 6.07) is 2.99. The molecule has 0 aromatic carbocycles. The molecule has 0 unspecified atom stereocenters. The van der Waals surface area contributed by atoms with Crippen LogP contribution < -0.4 is 11.3 Å². The van der Waals surface area contributed by atoms with Crippen molar-refractivity contribution >= 4 is 11.5 Å². The number of nitrogens with two attached hydrogens (primary N) is 1. The van der Waals surface area contributed by atoms with Crippen LogP contribution in [-0.4, -0.2) is 14.6 Å². The zero-order chi connectivity index (χ0) is 7.84. The summed E-state index contributed by atoms with van der Waals surface area (Å²) in [5, 5.41) is 3.88. The van der Waals surface area contributed by atoms with Gasteiger partial charge in [0.1, 0.15) is 11.5 Å². The largest absolute Gasteiger partial charge is 0.382 e. The minimum Gasteiger partial charge on any atom is -0.382 e. The van der Waals surface area contributed by atoms with Gasteiger partial charge in [-0.1, -0.05) is 0 Å². The summed E-state index contributed by atoms with van der Waals surface area (Å²) in [5.41, 5.74) is 5.84. The van der Waals surface area contributed by atoms with Gasteiger partial charge < -0.3 is 10.7 Å². The molecule has 0 saturated carbocycles. The highest BCUT2D eigenvalue weighted by molar-refractivity contribution is 5.46. The second-order valence-electron chi connectivity index (χ2n) is 2.20. The first-order chi connectivity index (χ1) is 5.25. The molecular weight excluding hydrogens is 144 g/mol. The van der Waals surface area contributed by atoms with Crippen LogP contribution >= 0.6 is 0 Å². The number of nitrogens with zero attached hydrogens (tertiary/aromatic N) is 2. The van der Waals surface area contributed by atoms with Gasteiger partial charge in [-0.25, -0.2) is 4.52 Å². The second kappa shape index (κ2) is 1.85. The number of nitrogens with one attached hydrogen (secondary N) is 1. The van der Waals surface area contributed by atoms with E-state index in [1.807, 2.05) is 0 Å². The van der Waals surface area contributed by atoms with Crippen molar-refractivity contribution in [2.24, 2.45) is 0 Å². The maximum atomic E-state index is 10.8. The number of hydrogen-bond donors (Lipinski definition) is 2. The molecule has 56 valence electrons. The molecule has 0 fully saturated rings. The molecule has 2 heterocycles. The first-order valence-electron chi connectivity index (χ1n) is 3.10. The van der Waals surface area contributed by atoms with Crippen molar-refractivity contribution in [3.8, 4) is 0 Å². The summed E-state index contributed by atoms with van der Waals surface area (Å²) in [5.74, 6) is 0.395. The molecule has 0 saturated heterocycles. The van der Waals surface area contributed by atoms with Crippen LogP contribution in [0, 0.1) is 0 Å². The molecule has 11 heavy (non-hydrogen) atoms. The van der Waals surface area contributed by atoms with E-state index in [1.165, 1.54) is 10.6 Å². The van der Waals surface area contributed by atoms with Crippen LogP contribution in [0.25, 0.3) is 5.65 Å². The van der Waals surface area contributed by atoms with Crippen LogP contribution in [-0.2, 0) is 0 Å². The Balaban J connectivity index is 2.92. The van der Waals surface area contributed by atoms with Gasteiger partial charge in [0.25, 0.3) is 5.56 Å². The van der Waals surface area contributed by atoms with Gasteiger partial charge in [-0.15, -0.1) is 5.10 Å². The van der Waals surface area contributed by atoms with Gasteiger partial charge in [-0.2, -0.15) is 0 Å². The predicted molar refractivity (Wildman–Crippen MR) is 40.2 cm³/mol. The third-order valence-electron chi connectivity index (χ3n) is 1.37. The maximum Gasteiger partial charge on any atom is 0.251 e. The Morgan fingerprint density at radius 1 is 1.64 bits per heavy atom. The molecule has 0 spiro atoms. The Morgan fingerprint density at radius 2 is 2.45 bits per heavy atom. The quantitative estimate of drug-likeness (QED) is 0.536. The molecule has 5 nitrogen and oxygen atoms in total. The molecule has 2 aromatic heterocycles. The molecule has 0 bridgehead atoms. The second-order valence-corrected chi connectivity index (χ2v) is 2.20. The summed E-state index contributed by atoms with van der Waals surface area (Å²) in [6.07, 6.45) is 1.56. The van der Waals surface area contributed by atoms with Crippen LogP contribution in [0.2, 0.25) is 0 Å². The molecular formula is C6H6N4O. The lowest BCUT2D eigenvalue weighted by Crippen LogP contribution is -2.05. The maximum absolute atomic E-state index is 10.8. The molecule has 5 heteroatoms. The number of aromatic nitrogens is 3. The van der Waals surface area contributed by atoms with Gasteiger partial charge >= 0.3 is 0 Å². The summed E-state index contributed by atoms with van der Waals surface area (Å²) in [7, 11) is 0. The summed E-state index contributed by atoms with van der Waals surface area (Å²) in [6.45, 7) is 0. The van der Waals surface area contributed by atoms with Gasteiger partial charge in [0.2, 0.25) is 0 Å². The fourth-order valence-electron chi connectivity index (χ4n) is 0.927. The third-order valence-corrected chi connectivity index (χ3v) is 1.37. The Labute approximate surface area is 61.5 Å². The van der Waals surface area contributed by atoms with Crippen molar-refractivity contribution in [3.63, 3.8) is 0 Å². The summed E-state index contributed by atoms with van der Waals surface area (Å²) < 4.78 is 1.51. The van der Waals surface area contributed by atoms with Crippen molar-refractivity contribution < 1.29 is 0 Å². The molecule has 0 atom stereocenters. The molecule has 2 rings (SSSR count). The van der Waals surface area contributed by atoms with Crippen LogP contribution in [0.5, 0.6) is 0 Å². The van der Waals surface area contributed by atoms with Gasteiger partial charge in [0.05, 0.1) is 0 Å². The minimum absolute atomic E-state index is 0.155. The number of rotatable bonds is 0. The highest BCUT2D eigenvalue weighted by atomic mass is 16.1. The zero-order valence-electron chi connectivity index (χ0n) is 5.61. The number of H-pyrrole nitrogens is 1. The number of anilines is 1. The SMILES string of the molecule is Nc1cc2[nH]c(=O)ccn2n1. The lowest BCUT2D eigenvalue weighted by molar-refractivity contribution is 0.936. The Hall–Kier alpha value is -1.78. The normalized spacial score (nSPS) is 10.5. The third kappa shape index (κ3) is 0.861. The van der Waals surface area contributed by atoms with E-state index in [-0.39, 0.29) is 5.56 Å². The first kappa shape index (κ1) is 5.96. The first-order valence-corrected chi connectivity index (χ1v) is 3.10. The van der Waals surface area contributed by atoms with Crippen LogP contribution in [0.1, 0.15) is 0 Å². The summed E-state index contributed by atoms with van der Waals surface area (Å²) in [4.78, 5) is 13.3. The predicted octanol–water partition coefficient (Wildman–Crippen LogP) is -0.395. The monoisotopic (exact) mass is 150 g/mol. The Bertz CT molecular complexity index is 441. The zero-order valence-corrected chi connectivity index (χ0v) is 5.61. The number of nitrogen functional groups attached to an aromatic ring is 1. The highest BCUT2D eigenvalue weighted by Crippen LogP contribution is 2.00. The number of hydrogen-bond acceptors (Lipinski definition) is 3. The number of fused-ring (bicyclic) bond motifs is 1. The molecule has 0 amide bonds. The van der Waals surface area contributed by atoms with Gasteiger partial charge in [0, 0.05) is 18.3 Å². The van der Waals surface area contributed by atoms with E-state index in [0.717, 1.165) is 0 Å². The van der Waals surface area contributed by atoms with Gasteiger partial charge in [0.15, 0.2) is 0 Å². The van der Waals surface area contributed by atoms with Crippen molar-refractivity contribution in [1.29, 1.82) is 0 Å². The highest BCUT2D eigenvalue weighted by Gasteiger charge is 1.95. The number of aromatic amines is 1. The molecule has 0 aliphatic carbocycles.